The smallest absolute Gasteiger partial charge is 0.138 e. The monoisotopic (exact) mass is 241 g/mol. The van der Waals surface area contributed by atoms with Gasteiger partial charge in [-0.25, -0.2) is 9.97 Å². The molecule has 0 atom stereocenters. The fraction of sp³-hybridized carbons (Fsp3) is 0.333. The van der Waals surface area contributed by atoms with Crippen LogP contribution in [0.4, 0.5) is 0 Å². The average molecular weight is 241 g/mol. The second-order valence-corrected chi connectivity index (χ2v) is 4.90. The van der Waals surface area contributed by atoms with E-state index in [1.165, 1.54) is 5.56 Å². The Bertz CT molecular complexity index is 506. The highest BCUT2D eigenvalue weighted by atomic mass is 14.9. The highest BCUT2D eigenvalue weighted by Crippen LogP contribution is 2.28. The Labute approximate surface area is 108 Å². The van der Waals surface area contributed by atoms with E-state index in [9.17, 15) is 0 Å². The van der Waals surface area contributed by atoms with Gasteiger partial charge in [-0.2, -0.15) is 0 Å². The zero-order valence-corrected chi connectivity index (χ0v) is 10.9. The molecule has 0 spiro atoms. The summed E-state index contributed by atoms with van der Waals surface area (Å²) in [5.74, 6) is 0.847. The van der Waals surface area contributed by atoms with E-state index in [0.29, 0.717) is 6.54 Å². The molecule has 0 radical (unpaired) electrons. The minimum absolute atomic E-state index is 0.189. The Morgan fingerprint density at radius 3 is 2.50 bits per heavy atom. The Kier molecular flexibility index (Phi) is 3.72. The molecule has 0 saturated heterocycles. The van der Waals surface area contributed by atoms with Crippen molar-refractivity contribution < 1.29 is 0 Å². The summed E-state index contributed by atoms with van der Waals surface area (Å²) in [7, 11) is 0. The SMILES string of the molecule is CC(C)(c1ccccc1)c1nccc(CCN)n1. The molecule has 0 fully saturated rings. The molecule has 3 heteroatoms. The Morgan fingerprint density at radius 1 is 1.11 bits per heavy atom. The maximum Gasteiger partial charge on any atom is 0.138 e. The van der Waals surface area contributed by atoms with Crippen LogP contribution in [0.15, 0.2) is 42.6 Å². The summed E-state index contributed by atoms with van der Waals surface area (Å²) < 4.78 is 0. The summed E-state index contributed by atoms with van der Waals surface area (Å²) in [6, 6.07) is 12.3. The first kappa shape index (κ1) is 12.7. The standard InChI is InChI=1S/C15H19N3/c1-15(2,12-6-4-3-5-7-12)14-17-11-9-13(18-14)8-10-16/h3-7,9,11H,8,10,16H2,1-2H3. The molecule has 2 rings (SSSR count). The van der Waals surface area contributed by atoms with Crippen molar-refractivity contribution in [3.8, 4) is 0 Å². The van der Waals surface area contributed by atoms with Crippen molar-refractivity contribution in [2.75, 3.05) is 6.54 Å². The minimum atomic E-state index is -0.189. The zero-order valence-electron chi connectivity index (χ0n) is 10.9. The van der Waals surface area contributed by atoms with Gasteiger partial charge in [-0.3, -0.25) is 0 Å². The number of aromatic nitrogens is 2. The van der Waals surface area contributed by atoms with Gasteiger partial charge in [0, 0.05) is 23.7 Å². The van der Waals surface area contributed by atoms with Crippen LogP contribution in [0.3, 0.4) is 0 Å². The first-order valence-electron chi connectivity index (χ1n) is 6.22. The third kappa shape index (κ3) is 2.57. The average Bonchev–Trinajstić information content (AvgIpc) is 2.40. The lowest BCUT2D eigenvalue weighted by molar-refractivity contribution is 0.584. The number of rotatable bonds is 4. The van der Waals surface area contributed by atoms with Crippen molar-refractivity contribution in [3.63, 3.8) is 0 Å². The van der Waals surface area contributed by atoms with Gasteiger partial charge in [-0.1, -0.05) is 30.3 Å². The molecule has 2 N–H and O–H groups in total. The largest absolute Gasteiger partial charge is 0.330 e. The van der Waals surface area contributed by atoms with Crippen LogP contribution in [-0.4, -0.2) is 16.5 Å². The molecule has 0 amide bonds. The first-order chi connectivity index (χ1) is 8.64. The van der Waals surface area contributed by atoms with Gasteiger partial charge in [-0.05, 0) is 32.0 Å². The second kappa shape index (κ2) is 5.27. The van der Waals surface area contributed by atoms with Crippen LogP contribution < -0.4 is 5.73 Å². The molecular formula is C15H19N3. The molecule has 18 heavy (non-hydrogen) atoms. The predicted octanol–water partition coefficient (Wildman–Crippen LogP) is 2.30. The van der Waals surface area contributed by atoms with Gasteiger partial charge >= 0.3 is 0 Å². The topological polar surface area (TPSA) is 51.8 Å². The molecule has 3 nitrogen and oxygen atoms in total. The third-order valence-electron chi connectivity index (χ3n) is 3.17. The highest BCUT2D eigenvalue weighted by Gasteiger charge is 2.26. The van der Waals surface area contributed by atoms with Crippen LogP contribution in [0.5, 0.6) is 0 Å². The van der Waals surface area contributed by atoms with Gasteiger partial charge in [0.25, 0.3) is 0 Å². The van der Waals surface area contributed by atoms with Crippen molar-refractivity contribution in [3.05, 3.63) is 59.7 Å². The minimum Gasteiger partial charge on any atom is -0.330 e. The van der Waals surface area contributed by atoms with Crippen LogP contribution in [-0.2, 0) is 11.8 Å². The number of hydrogen-bond donors (Lipinski definition) is 1. The van der Waals surface area contributed by atoms with Gasteiger partial charge in [0.15, 0.2) is 0 Å². The molecular weight excluding hydrogens is 222 g/mol. The van der Waals surface area contributed by atoms with Gasteiger partial charge in [0.05, 0.1) is 0 Å². The summed E-state index contributed by atoms with van der Waals surface area (Å²) >= 11 is 0. The van der Waals surface area contributed by atoms with Crippen LogP contribution in [0, 0.1) is 0 Å². The Hall–Kier alpha value is -1.74. The molecule has 2 aromatic rings. The summed E-state index contributed by atoms with van der Waals surface area (Å²) in [4.78, 5) is 9.04. The Balaban J connectivity index is 2.38. The van der Waals surface area contributed by atoms with E-state index in [2.05, 4.69) is 35.9 Å². The van der Waals surface area contributed by atoms with E-state index in [4.69, 9.17) is 5.73 Å². The van der Waals surface area contributed by atoms with Crippen LogP contribution in [0.25, 0.3) is 0 Å². The maximum atomic E-state index is 5.57. The lowest BCUT2D eigenvalue weighted by Gasteiger charge is -2.23. The number of hydrogen-bond acceptors (Lipinski definition) is 3. The number of nitrogens with two attached hydrogens (primary N) is 1. The molecule has 0 aliphatic rings. The second-order valence-electron chi connectivity index (χ2n) is 4.90. The van der Waals surface area contributed by atoms with Crippen LogP contribution >= 0.6 is 0 Å². The molecule has 0 aliphatic carbocycles. The summed E-state index contributed by atoms with van der Waals surface area (Å²) in [5, 5.41) is 0. The van der Waals surface area contributed by atoms with E-state index in [1.54, 1.807) is 0 Å². The zero-order chi connectivity index (χ0) is 13.0. The van der Waals surface area contributed by atoms with E-state index in [0.717, 1.165) is 17.9 Å². The summed E-state index contributed by atoms with van der Waals surface area (Å²) in [6.07, 6.45) is 2.61. The van der Waals surface area contributed by atoms with Crippen molar-refractivity contribution in [2.24, 2.45) is 5.73 Å². The quantitative estimate of drug-likeness (QED) is 0.893. The molecule has 94 valence electrons. The molecule has 0 saturated carbocycles. The molecule has 0 unspecified atom stereocenters. The van der Waals surface area contributed by atoms with Crippen molar-refractivity contribution in [2.45, 2.75) is 25.7 Å². The van der Waals surface area contributed by atoms with E-state index < -0.39 is 0 Å². The van der Waals surface area contributed by atoms with Crippen LogP contribution in [0.2, 0.25) is 0 Å². The normalized spacial score (nSPS) is 11.5. The lowest BCUT2D eigenvalue weighted by atomic mass is 9.84. The van der Waals surface area contributed by atoms with Gasteiger partial charge < -0.3 is 5.73 Å². The van der Waals surface area contributed by atoms with E-state index >= 15 is 0 Å². The van der Waals surface area contributed by atoms with E-state index in [1.807, 2.05) is 30.5 Å². The predicted molar refractivity (Wildman–Crippen MR) is 73.4 cm³/mol. The summed E-state index contributed by atoms with van der Waals surface area (Å²) in [5.41, 5.74) is 7.61. The number of benzene rings is 1. The van der Waals surface area contributed by atoms with Gasteiger partial charge in [0.2, 0.25) is 0 Å². The molecule has 0 bridgehead atoms. The molecule has 1 aromatic carbocycles. The lowest BCUT2D eigenvalue weighted by Crippen LogP contribution is -2.23. The van der Waals surface area contributed by atoms with Crippen LogP contribution in [0.1, 0.15) is 30.9 Å². The highest BCUT2D eigenvalue weighted by molar-refractivity contribution is 5.30. The first-order valence-corrected chi connectivity index (χ1v) is 6.22. The van der Waals surface area contributed by atoms with Crippen molar-refractivity contribution >= 4 is 0 Å². The maximum absolute atomic E-state index is 5.57. The third-order valence-corrected chi connectivity index (χ3v) is 3.17. The van der Waals surface area contributed by atoms with Crippen molar-refractivity contribution in [1.82, 2.24) is 9.97 Å². The summed E-state index contributed by atoms with van der Waals surface area (Å²) in [6.45, 7) is 4.90. The van der Waals surface area contributed by atoms with E-state index in [-0.39, 0.29) is 5.41 Å². The van der Waals surface area contributed by atoms with Gasteiger partial charge in [0.1, 0.15) is 5.82 Å². The molecule has 0 aliphatic heterocycles. The van der Waals surface area contributed by atoms with Crippen molar-refractivity contribution in [1.29, 1.82) is 0 Å². The Morgan fingerprint density at radius 2 is 1.83 bits per heavy atom. The number of nitrogens with zero attached hydrogens (tertiary/aromatic N) is 2. The fourth-order valence-electron chi connectivity index (χ4n) is 1.97. The van der Waals surface area contributed by atoms with Gasteiger partial charge in [-0.15, -0.1) is 0 Å². The molecule has 1 aromatic heterocycles. The fourth-order valence-corrected chi connectivity index (χ4v) is 1.97. The molecule has 1 heterocycles.